The Morgan fingerprint density at radius 1 is 1.14 bits per heavy atom. The standard InChI is InChI=1S/C17H17NO3S/c1-12-10-13(17(20)21-2)8-9-15(12)18-16(19)11-22-14-6-4-3-5-7-14/h3-10H,11H2,1-2H3,(H,18,19). The molecule has 0 heterocycles. The van der Waals surface area contributed by atoms with Crippen LogP contribution in [0.1, 0.15) is 15.9 Å². The fraction of sp³-hybridized carbons (Fsp3) is 0.176. The van der Waals surface area contributed by atoms with Gasteiger partial charge in [0, 0.05) is 10.6 Å². The number of carbonyl (C=O) groups is 2. The molecule has 2 aromatic carbocycles. The molecular formula is C17H17NO3S. The highest BCUT2D eigenvalue weighted by molar-refractivity contribution is 8.00. The smallest absolute Gasteiger partial charge is 0.337 e. The number of carbonyl (C=O) groups excluding carboxylic acids is 2. The van der Waals surface area contributed by atoms with Crippen LogP contribution in [0.25, 0.3) is 0 Å². The first-order valence-electron chi connectivity index (χ1n) is 6.77. The number of thioether (sulfide) groups is 1. The molecule has 0 saturated carbocycles. The molecule has 1 amide bonds. The molecule has 0 spiro atoms. The van der Waals surface area contributed by atoms with Gasteiger partial charge in [-0.2, -0.15) is 0 Å². The number of methoxy groups -OCH3 is 1. The molecule has 2 rings (SSSR count). The van der Waals surface area contributed by atoms with E-state index in [0.717, 1.165) is 10.5 Å². The maximum Gasteiger partial charge on any atom is 0.337 e. The van der Waals surface area contributed by atoms with Gasteiger partial charge in [-0.25, -0.2) is 4.79 Å². The molecule has 0 bridgehead atoms. The van der Waals surface area contributed by atoms with Gasteiger partial charge >= 0.3 is 5.97 Å². The minimum Gasteiger partial charge on any atom is -0.465 e. The summed E-state index contributed by atoms with van der Waals surface area (Å²) in [5.74, 6) is -0.134. The predicted molar refractivity (Wildman–Crippen MR) is 88.3 cm³/mol. The summed E-state index contributed by atoms with van der Waals surface area (Å²) in [6.07, 6.45) is 0. The predicted octanol–water partition coefficient (Wildman–Crippen LogP) is 3.51. The fourth-order valence-electron chi connectivity index (χ4n) is 1.90. The Labute approximate surface area is 133 Å². The molecule has 1 N–H and O–H groups in total. The number of rotatable bonds is 5. The van der Waals surface area contributed by atoms with E-state index in [1.54, 1.807) is 18.2 Å². The van der Waals surface area contributed by atoms with Crippen molar-refractivity contribution in [3.05, 3.63) is 59.7 Å². The van der Waals surface area contributed by atoms with Gasteiger partial charge in [0.1, 0.15) is 0 Å². The van der Waals surface area contributed by atoms with Crippen LogP contribution in [0.3, 0.4) is 0 Å². The van der Waals surface area contributed by atoms with E-state index in [0.29, 0.717) is 17.0 Å². The van der Waals surface area contributed by atoms with Crippen molar-refractivity contribution in [2.75, 3.05) is 18.2 Å². The Morgan fingerprint density at radius 3 is 2.50 bits per heavy atom. The molecule has 0 aliphatic heterocycles. The summed E-state index contributed by atoms with van der Waals surface area (Å²) in [6.45, 7) is 1.84. The quantitative estimate of drug-likeness (QED) is 0.677. The lowest BCUT2D eigenvalue weighted by molar-refractivity contribution is -0.113. The maximum absolute atomic E-state index is 12.0. The van der Waals surface area contributed by atoms with Crippen LogP contribution in [0.2, 0.25) is 0 Å². The number of hydrogen-bond acceptors (Lipinski definition) is 4. The van der Waals surface area contributed by atoms with Crippen LogP contribution in [0.5, 0.6) is 0 Å². The van der Waals surface area contributed by atoms with Crippen molar-refractivity contribution in [2.45, 2.75) is 11.8 Å². The molecule has 2 aromatic rings. The normalized spacial score (nSPS) is 10.1. The van der Waals surface area contributed by atoms with Crippen molar-refractivity contribution < 1.29 is 14.3 Å². The van der Waals surface area contributed by atoms with Gasteiger partial charge in [-0.15, -0.1) is 11.8 Å². The number of esters is 1. The molecule has 0 unspecified atom stereocenters. The fourth-order valence-corrected chi connectivity index (χ4v) is 2.62. The monoisotopic (exact) mass is 315 g/mol. The van der Waals surface area contributed by atoms with E-state index in [4.69, 9.17) is 0 Å². The van der Waals surface area contributed by atoms with Crippen LogP contribution >= 0.6 is 11.8 Å². The molecule has 114 valence electrons. The van der Waals surface area contributed by atoms with Crippen molar-refractivity contribution in [2.24, 2.45) is 0 Å². The number of benzene rings is 2. The molecule has 0 fully saturated rings. The minimum atomic E-state index is -0.388. The van der Waals surface area contributed by atoms with Crippen molar-refractivity contribution in [3.63, 3.8) is 0 Å². The lowest BCUT2D eigenvalue weighted by atomic mass is 10.1. The van der Waals surface area contributed by atoms with E-state index in [1.165, 1.54) is 18.9 Å². The second-order valence-electron chi connectivity index (χ2n) is 4.67. The van der Waals surface area contributed by atoms with Crippen molar-refractivity contribution in [3.8, 4) is 0 Å². The number of aryl methyl sites for hydroxylation is 1. The number of amides is 1. The van der Waals surface area contributed by atoms with Gasteiger partial charge in [0.2, 0.25) is 5.91 Å². The maximum atomic E-state index is 12.0. The van der Waals surface area contributed by atoms with E-state index in [-0.39, 0.29) is 11.9 Å². The Kier molecular flexibility index (Phi) is 5.61. The van der Waals surface area contributed by atoms with Gasteiger partial charge in [-0.1, -0.05) is 18.2 Å². The van der Waals surface area contributed by atoms with Gasteiger partial charge in [0.05, 0.1) is 18.4 Å². The molecule has 0 aromatic heterocycles. The Morgan fingerprint density at radius 2 is 1.86 bits per heavy atom. The van der Waals surface area contributed by atoms with E-state index >= 15 is 0 Å². The first-order valence-corrected chi connectivity index (χ1v) is 7.75. The molecule has 22 heavy (non-hydrogen) atoms. The van der Waals surface area contributed by atoms with Crippen LogP contribution < -0.4 is 5.32 Å². The molecule has 0 aliphatic rings. The highest BCUT2D eigenvalue weighted by Crippen LogP contribution is 2.20. The van der Waals surface area contributed by atoms with Crippen LogP contribution in [-0.4, -0.2) is 24.7 Å². The van der Waals surface area contributed by atoms with E-state index in [1.807, 2.05) is 37.3 Å². The average molecular weight is 315 g/mol. The summed E-state index contributed by atoms with van der Waals surface area (Å²) in [7, 11) is 1.34. The van der Waals surface area contributed by atoms with Crippen LogP contribution in [0.15, 0.2) is 53.4 Å². The van der Waals surface area contributed by atoms with Crippen molar-refractivity contribution in [1.29, 1.82) is 0 Å². The van der Waals surface area contributed by atoms with E-state index in [2.05, 4.69) is 10.1 Å². The highest BCUT2D eigenvalue weighted by Gasteiger charge is 2.10. The Balaban J connectivity index is 1.95. The van der Waals surface area contributed by atoms with Gasteiger partial charge in [0.15, 0.2) is 0 Å². The molecule has 0 saturated heterocycles. The van der Waals surface area contributed by atoms with Gasteiger partial charge < -0.3 is 10.1 Å². The zero-order valence-electron chi connectivity index (χ0n) is 12.5. The highest BCUT2D eigenvalue weighted by atomic mass is 32.2. The van der Waals surface area contributed by atoms with E-state index in [9.17, 15) is 9.59 Å². The average Bonchev–Trinajstić information content (AvgIpc) is 2.55. The van der Waals surface area contributed by atoms with Crippen molar-refractivity contribution in [1.82, 2.24) is 0 Å². The summed E-state index contributed by atoms with van der Waals surface area (Å²) in [5.41, 5.74) is 1.99. The second kappa shape index (κ2) is 7.66. The van der Waals surface area contributed by atoms with Gasteiger partial charge in [0.25, 0.3) is 0 Å². The summed E-state index contributed by atoms with van der Waals surface area (Å²) in [5, 5.41) is 2.85. The molecular weight excluding hydrogens is 298 g/mol. The first kappa shape index (κ1) is 16.1. The number of nitrogens with one attached hydrogen (secondary N) is 1. The molecule has 4 nitrogen and oxygen atoms in total. The topological polar surface area (TPSA) is 55.4 Å². The minimum absolute atomic E-state index is 0.0808. The number of anilines is 1. The SMILES string of the molecule is COC(=O)c1ccc(NC(=O)CSc2ccccc2)c(C)c1. The third-order valence-electron chi connectivity index (χ3n) is 3.03. The largest absolute Gasteiger partial charge is 0.465 e. The molecule has 5 heteroatoms. The third-order valence-corrected chi connectivity index (χ3v) is 4.05. The van der Waals surface area contributed by atoms with Crippen LogP contribution in [0.4, 0.5) is 5.69 Å². The first-order chi connectivity index (χ1) is 10.6. The van der Waals surface area contributed by atoms with Crippen LogP contribution in [0, 0.1) is 6.92 Å². The van der Waals surface area contributed by atoms with Crippen molar-refractivity contribution >= 4 is 29.3 Å². The molecule has 0 atom stereocenters. The zero-order chi connectivity index (χ0) is 15.9. The summed E-state index contributed by atoms with van der Waals surface area (Å²) in [4.78, 5) is 24.5. The lowest BCUT2D eigenvalue weighted by Gasteiger charge is -2.09. The summed E-state index contributed by atoms with van der Waals surface area (Å²) >= 11 is 1.48. The molecule has 0 aliphatic carbocycles. The lowest BCUT2D eigenvalue weighted by Crippen LogP contribution is -2.15. The molecule has 0 radical (unpaired) electrons. The third kappa shape index (κ3) is 4.36. The van der Waals surface area contributed by atoms with Crippen LogP contribution in [-0.2, 0) is 9.53 Å². The van der Waals surface area contributed by atoms with Gasteiger partial charge in [-0.05, 0) is 42.8 Å². The Hall–Kier alpha value is -2.27. The van der Waals surface area contributed by atoms with Gasteiger partial charge in [-0.3, -0.25) is 4.79 Å². The number of ether oxygens (including phenoxy) is 1. The Bertz CT molecular complexity index is 671. The summed E-state index contributed by atoms with van der Waals surface area (Å²) < 4.78 is 4.67. The second-order valence-corrected chi connectivity index (χ2v) is 5.72. The zero-order valence-corrected chi connectivity index (χ0v) is 13.3. The number of hydrogen-bond donors (Lipinski definition) is 1. The van der Waals surface area contributed by atoms with E-state index < -0.39 is 0 Å². The summed E-state index contributed by atoms with van der Waals surface area (Å²) in [6, 6.07) is 14.8.